The molecule has 1 heterocycles. The number of alkyl halides is 3. The van der Waals surface area contributed by atoms with E-state index in [1.165, 1.54) is 19.2 Å². The van der Waals surface area contributed by atoms with E-state index in [0.29, 0.717) is 17.0 Å². The van der Waals surface area contributed by atoms with Crippen molar-refractivity contribution in [2.45, 2.75) is 19.2 Å². The highest BCUT2D eigenvalue weighted by molar-refractivity contribution is 6.30. The molecule has 0 aliphatic carbocycles. The number of carbonyl (C=O) groups excluding carboxylic acids is 2. The first-order valence-electron chi connectivity index (χ1n) is 8.11. The van der Waals surface area contributed by atoms with Crippen LogP contribution in [0.3, 0.4) is 0 Å². The van der Waals surface area contributed by atoms with E-state index in [4.69, 9.17) is 16.3 Å². The van der Waals surface area contributed by atoms with Gasteiger partial charge in [0.25, 0.3) is 5.91 Å². The highest BCUT2D eigenvalue weighted by Gasteiger charge is 2.34. The van der Waals surface area contributed by atoms with Crippen LogP contribution in [0, 0.1) is 0 Å². The Morgan fingerprint density at radius 1 is 1.18 bits per heavy atom. The molecule has 0 fully saturated rings. The molecule has 0 bridgehead atoms. The third kappa shape index (κ3) is 4.12. The van der Waals surface area contributed by atoms with Crippen LogP contribution in [0.4, 0.5) is 18.9 Å². The zero-order valence-corrected chi connectivity index (χ0v) is 15.2. The smallest absolute Gasteiger partial charge is 0.418 e. The van der Waals surface area contributed by atoms with E-state index in [0.717, 1.165) is 6.07 Å². The molecule has 3 rings (SSSR count). The molecule has 1 amide bonds. The molecule has 9 heteroatoms. The summed E-state index contributed by atoms with van der Waals surface area (Å²) in [5, 5.41) is 2.62. The summed E-state index contributed by atoms with van der Waals surface area (Å²) in [6.07, 6.45) is -4.59. The summed E-state index contributed by atoms with van der Waals surface area (Å²) < 4.78 is 44.5. The summed E-state index contributed by atoms with van der Waals surface area (Å²) >= 11 is 5.61. The number of hydrogen-bond donors (Lipinski definition) is 2. The molecule has 0 saturated carbocycles. The third-order valence-corrected chi connectivity index (χ3v) is 4.24. The Balaban J connectivity index is 1.74. The monoisotopic (exact) mass is 410 g/mol. The average Bonchev–Trinajstić information content (AvgIpc) is 3.06. The number of H-pyrrole nitrogens is 1. The Hall–Kier alpha value is -3.00. The first-order chi connectivity index (χ1) is 13.2. The van der Waals surface area contributed by atoms with Gasteiger partial charge in [-0.15, -0.1) is 0 Å². The van der Waals surface area contributed by atoms with E-state index in [1.54, 1.807) is 24.3 Å². The minimum absolute atomic E-state index is 0.121. The number of para-hydroxylation sites is 1. The number of amides is 1. The molecule has 0 aliphatic rings. The summed E-state index contributed by atoms with van der Waals surface area (Å²) in [6, 6.07) is 9.96. The highest BCUT2D eigenvalue weighted by Crippen LogP contribution is 2.36. The van der Waals surface area contributed by atoms with Crippen molar-refractivity contribution in [1.29, 1.82) is 0 Å². The van der Waals surface area contributed by atoms with Crippen LogP contribution in [-0.4, -0.2) is 23.0 Å². The molecule has 5 nitrogen and oxygen atoms in total. The molecule has 1 aromatic heterocycles. The predicted molar refractivity (Wildman–Crippen MR) is 98.3 cm³/mol. The molecule has 0 saturated heterocycles. The van der Waals surface area contributed by atoms with Crippen LogP contribution in [0.2, 0.25) is 5.02 Å². The molecule has 0 unspecified atom stereocenters. The molecule has 146 valence electrons. The van der Waals surface area contributed by atoms with Gasteiger partial charge in [0.1, 0.15) is 0 Å². The first-order valence-corrected chi connectivity index (χ1v) is 8.49. The topological polar surface area (TPSA) is 71.2 Å². The molecule has 0 aliphatic heterocycles. The SMILES string of the molecule is C[C@H](OC(=O)c1c[nH]c2ccccc12)C(=O)Nc1ccc(Cl)cc1C(F)(F)F. The number of nitrogens with one attached hydrogen (secondary N) is 2. The molecule has 2 N–H and O–H groups in total. The second-order valence-electron chi connectivity index (χ2n) is 5.97. The summed E-state index contributed by atoms with van der Waals surface area (Å²) in [5.74, 6) is -1.67. The van der Waals surface area contributed by atoms with Crippen molar-refractivity contribution in [3.63, 3.8) is 0 Å². The number of esters is 1. The largest absolute Gasteiger partial charge is 0.449 e. The summed E-state index contributed by atoms with van der Waals surface area (Å²) in [5.41, 5.74) is -0.638. The predicted octanol–water partition coefficient (Wildman–Crippen LogP) is 5.02. The number of carbonyl (C=O) groups is 2. The number of aromatic nitrogens is 1. The average molecular weight is 411 g/mol. The van der Waals surface area contributed by atoms with Crippen molar-refractivity contribution in [2.24, 2.45) is 0 Å². The minimum Gasteiger partial charge on any atom is -0.449 e. The number of hydrogen-bond acceptors (Lipinski definition) is 3. The second kappa shape index (κ2) is 7.55. The van der Waals surface area contributed by atoms with Crippen molar-refractivity contribution in [2.75, 3.05) is 5.32 Å². The number of aromatic amines is 1. The molecule has 0 radical (unpaired) electrons. The van der Waals surface area contributed by atoms with Crippen LogP contribution in [0.25, 0.3) is 10.9 Å². The van der Waals surface area contributed by atoms with E-state index < -0.39 is 35.4 Å². The van der Waals surface area contributed by atoms with Gasteiger partial charge in [-0.05, 0) is 31.2 Å². The molecule has 2 aromatic carbocycles. The van der Waals surface area contributed by atoms with E-state index in [1.807, 2.05) is 0 Å². The fourth-order valence-electron chi connectivity index (χ4n) is 2.61. The molecule has 28 heavy (non-hydrogen) atoms. The van der Waals surface area contributed by atoms with Gasteiger partial charge in [-0.25, -0.2) is 4.79 Å². The van der Waals surface area contributed by atoms with E-state index in [-0.39, 0.29) is 10.6 Å². The standard InChI is InChI=1S/C19H14ClF3N2O3/c1-10(28-18(27)13-9-24-15-5-3-2-4-12(13)15)17(26)25-16-7-6-11(20)8-14(16)19(21,22)23/h2-10,24H,1H3,(H,25,26)/t10-/m0/s1. The number of fused-ring (bicyclic) bond motifs is 1. The fraction of sp³-hybridized carbons (Fsp3) is 0.158. The lowest BCUT2D eigenvalue weighted by molar-refractivity contribution is -0.137. The highest BCUT2D eigenvalue weighted by atomic mass is 35.5. The van der Waals surface area contributed by atoms with Crippen LogP contribution in [0.15, 0.2) is 48.7 Å². The zero-order valence-electron chi connectivity index (χ0n) is 14.4. The quantitative estimate of drug-likeness (QED) is 0.593. The minimum atomic E-state index is -4.71. The van der Waals surface area contributed by atoms with Crippen molar-refractivity contribution >= 4 is 40.1 Å². The van der Waals surface area contributed by atoms with Crippen molar-refractivity contribution in [1.82, 2.24) is 4.98 Å². The summed E-state index contributed by atoms with van der Waals surface area (Å²) in [4.78, 5) is 27.5. The number of ether oxygens (including phenoxy) is 1. The van der Waals surface area contributed by atoms with E-state index in [2.05, 4.69) is 10.3 Å². The third-order valence-electron chi connectivity index (χ3n) is 4.01. The Bertz CT molecular complexity index is 1050. The van der Waals surface area contributed by atoms with Gasteiger partial charge in [-0.1, -0.05) is 29.8 Å². The van der Waals surface area contributed by atoms with E-state index >= 15 is 0 Å². The van der Waals surface area contributed by atoms with Crippen molar-refractivity contribution < 1.29 is 27.5 Å². The maximum Gasteiger partial charge on any atom is 0.418 e. The van der Waals surface area contributed by atoms with Crippen LogP contribution in [0.1, 0.15) is 22.8 Å². The Labute approximate surface area is 162 Å². The second-order valence-corrected chi connectivity index (χ2v) is 6.41. The summed E-state index contributed by atoms with van der Waals surface area (Å²) in [6.45, 7) is 1.27. The van der Waals surface area contributed by atoms with Gasteiger partial charge in [-0.3, -0.25) is 4.79 Å². The van der Waals surface area contributed by atoms with Gasteiger partial charge >= 0.3 is 12.1 Å². The Morgan fingerprint density at radius 2 is 1.89 bits per heavy atom. The molecule has 3 aromatic rings. The number of anilines is 1. The van der Waals surface area contributed by atoms with Gasteiger partial charge in [0.15, 0.2) is 6.10 Å². The van der Waals surface area contributed by atoms with Crippen LogP contribution < -0.4 is 5.32 Å². The maximum atomic E-state index is 13.1. The lowest BCUT2D eigenvalue weighted by Crippen LogP contribution is -2.30. The zero-order chi connectivity index (χ0) is 20.5. The molecule has 0 spiro atoms. The van der Waals surface area contributed by atoms with Crippen LogP contribution in [0.5, 0.6) is 0 Å². The van der Waals surface area contributed by atoms with E-state index in [9.17, 15) is 22.8 Å². The normalized spacial score (nSPS) is 12.6. The van der Waals surface area contributed by atoms with Crippen LogP contribution in [-0.2, 0) is 15.7 Å². The lowest BCUT2D eigenvalue weighted by atomic mass is 10.1. The molecule has 1 atom stereocenters. The Kier molecular flexibility index (Phi) is 5.33. The van der Waals surface area contributed by atoms with Gasteiger partial charge in [0.2, 0.25) is 0 Å². The maximum absolute atomic E-state index is 13.1. The first kappa shape index (κ1) is 19.8. The van der Waals surface area contributed by atoms with Crippen molar-refractivity contribution in [3.8, 4) is 0 Å². The van der Waals surface area contributed by atoms with Gasteiger partial charge in [-0.2, -0.15) is 13.2 Å². The lowest BCUT2D eigenvalue weighted by Gasteiger charge is -2.17. The summed E-state index contributed by atoms with van der Waals surface area (Å²) in [7, 11) is 0. The van der Waals surface area contributed by atoms with Gasteiger partial charge < -0.3 is 15.0 Å². The van der Waals surface area contributed by atoms with Crippen LogP contribution >= 0.6 is 11.6 Å². The molecular formula is C19H14ClF3N2O3. The fourth-order valence-corrected chi connectivity index (χ4v) is 2.78. The number of halogens is 4. The molecular weight excluding hydrogens is 397 g/mol. The number of rotatable bonds is 4. The van der Waals surface area contributed by atoms with Gasteiger partial charge in [0, 0.05) is 22.1 Å². The van der Waals surface area contributed by atoms with Gasteiger partial charge in [0.05, 0.1) is 16.8 Å². The number of benzene rings is 2. The van der Waals surface area contributed by atoms with Crippen molar-refractivity contribution in [3.05, 3.63) is 64.8 Å². The Morgan fingerprint density at radius 3 is 2.61 bits per heavy atom.